The Kier molecular flexibility index (Phi) is 2.84. The van der Waals surface area contributed by atoms with Crippen LogP contribution in [0.4, 0.5) is 5.69 Å². The number of hydrogen-bond acceptors (Lipinski definition) is 3. The van der Waals surface area contributed by atoms with Crippen molar-refractivity contribution in [1.29, 1.82) is 5.26 Å². The number of para-hydroxylation sites is 1. The minimum absolute atomic E-state index is 0.612. The van der Waals surface area contributed by atoms with Gasteiger partial charge in [-0.3, -0.25) is 0 Å². The molecule has 0 saturated carbocycles. The van der Waals surface area contributed by atoms with Crippen LogP contribution in [0.3, 0.4) is 0 Å². The molecule has 0 bridgehead atoms. The molecule has 2 rings (SSSR count). The van der Waals surface area contributed by atoms with Crippen LogP contribution < -0.4 is 10.6 Å². The molecule has 2 N–H and O–H groups in total. The molecule has 0 aliphatic carbocycles. The fourth-order valence-corrected chi connectivity index (χ4v) is 2.18. The zero-order valence-corrected chi connectivity index (χ0v) is 9.61. The summed E-state index contributed by atoms with van der Waals surface area (Å²) in [6.07, 6.45) is 1.50. The summed E-state index contributed by atoms with van der Waals surface area (Å²) in [5.41, 5.74) is 7.88. The van der Waals surface area contributed by atoms with Crippen molar-refractivity contribution in [1.82, 2.24) is 0 Å². The van der Waals surface area contributed by atoms with E-state index in [0.29, 0.717) is 0 Å². The molecule has 3 nitrogen and oxygen atoms in total. The third kappa shape index (κ3) is 2.02. The van der Waals surface area contributed by atoms with Gasteiger partial charge >= 0.3 is 0 Å². The molecule has 0 radical (unpaired) electrons. The molecule has 16 heavy (non-hydrogen) atoms. The van der Waals surface area contributed by atoms with Crippen molar-refractivity contribution in [2.75, 3.05) is 18.0 Å². The van der Waals surface area contributed by atoms with E-state index in [2.05, 4.69) is 36.1 Å². The first kappa shape index (κ1) is 11.0. The number of nitrogens with zero attached hydrogens (tertiary/aromatic N) is 2. The summed E-state index contributed by atoms with van der Waals surface area (Å²) in [6.45, 7) is 3.85. The second-order valence-corrected chi connectivity index (χ2v) is 4.54. The van der Waals surface area contributed by atoms with E-state index in [1.165, 1.54) is 11.3 Å². The molecular weight excluding hydrogens is 198 g/mol. The van der Waals surface area contributed by atoms with Crippen molar-refractivity contribution < 1.29 is 0 Å². The summed E-state index contributed by atoms with van der Waals surface area (Å²) in [7, 11) is 0. The molecule has 1 aliphatic rings. The molecule has 0 spiro atoms. The smallest absolute Gasteiger partial charge is 0.107 e. The molecule has 0 amide bonds. The highest BCUT2D eigenvalue weighted by molar-refractivity contribution is 5.53. The first-order valence-electron chi connectivity index (χ1n) is 5.65. The van der Waals surface area contributed by atoms with Gasteiger partial charge in [-0.15, -0.1) is 0 Å². The number of benzene rings is 1. The Hall–Kier alpha value is -1.53. The fourth-order valence-electron chi connectivity index (χ4n) is 2.18. The molecule has 3 heteroatoms. The first-order valence-corrected chi connectivity index (χ1v) is 5.65. The molecule has 1 aromatic carbocycles. The van der Waals surface area contributed by atoms with Crippen LogP contribution in [0.2, 0.25) is 0 Å². The molecule has 1 aromatic rings. The Labute approximate surface area is 96.5 Å². The SMILES string of the molecule is Cc1ccccc1N1CCC(N)(C#N)CC1. The van der Waals surface area contributed by atoms with Crippen LogP contribution in [0.25, 0.3) is 0 Å². The molecule has 84 valence electrons. The van der Waals surface area contributed by atoms with E-state index in [0.717, 1.165) is 25.9 Å². The van der Waals surface area contributed by atoms with Gasteiger partial charge in [0, 0.05) is 18.8 Å². The van der Waals surface area contributed by atoms with Crippen molar-refractivity contribution in [3.63, 3.8) is 0 Å². The van der Waals surface area contributed by atoms with Gasteiger partial charge in [-0.2, -0.15) is 5.26 Å². The highest BCUT2D eigenvalue weighted by Crippen LogP contribution is 2.26. The summed E-state index contributed by atoms with van der Waals surface area (Å²) in [5, 5.41) is 8.97. The highest BCUT2D eigenvalue weighted by atomic mass is 15.1. The van der Waals surface area contributed by atoms with Crippen molar-refractivity contribution in [2.24, 2.45) is 5.73 Å². The van der Waals surface area contributed by atoms with Gasteiger partial charge in [0.2, 0.25) is 0 Å². The minimum atomic E-state index is -0.612. The van der Waals surface area contributed by atoms with E-state index in [1.54, 1.807) is 0 Å². The molecule has 0 atom stereocenters. The lowest BCUT2D eigenvalue weighted by atomic mass is 9.90. The van der Waals surface area contributed by atoms with Crippen molar-refractivity contribution in [2.45, 2.75) is 25.3 Å². The Morgan fingerprint density at radius 1 is 1.31 bits per heavy atom. The summed E-state index contributed by atoms with van der Waals surface area (Å²) < 4.78 is 0. The van der Waals surface area contributed by atoms with Gasteiger partial charge < -0.3 is 10.6 Å². The van der Waals surface area contributed by atoms with Crippen LogP contribution in [0, 0.1) is 18.3 Å². The maximum absolute atomic E-state index is 8.97. The van der Waals surface area contributed by atoms with E-state index in [-0.39, 0.29) is 0 Å². The van der Waals surface area contributed by atoms with E-state index >= 15 is 0 Å². The fraction of sp³-hybridized carbons (Fsp3) is 0.462. The zero-order chi connectivity index (χ0) is 11.6. The summed E-state index contributed by atoms with van der Waals surface area (Å²) >= 11 is 0. The van der Waals surface area contributed by atoms with Crippen LogP contribution >= 0.6 is 0 Å². The maximum Gasteiger partial charge on any atom is 0.107 e. The quantitative estimate of drug-likeness (QED) is 0.777. The van der Waals surface area contributed by atoms with Crippen molar-refractivity contribution >= 4 is 5.69 Å². The molecule has 0 aromatic heterocycles. The van der Waals surface area contributed by atoms with E-state index < -0.39 is 5.54 Å². The normalized spacial score (nSPS) is 19.2. The number of nitriles is 1. The van der Waals surface area contributed by atoms with Gasteiger partial charge in [0.1, 0.15) is 5.54 Å². The number of rotatable bonds is 1. The van der Waals surface area contributed by atoms with Crippen LogP contribution in [-0.2, 0) is 0 Å². The van der Waals surface area contributed by atoms with Gasteiger partial charge in [0.25, 0.3) is 0 Å². The standard InChI is InChI=1S/C13H17N3/c1-11-4-2-3-5-12(11)16-8-6-13(15,10-14)7-9-16/h2-5H,6-9,15H2,1H3. The lowest BCUT2D eigenvalue weighted by Crippen LogP contribution is -2.49. The lowest BCUT2D eigenvalue weighted by molar-refractivity contribution is 0.415. The third-order valence-electron chi connectivity index (χ3n) is 3.33. The first-order chi connectivity index (χ1) is 7.64. The predicted molar refractivity (Wildman–Crippen MR) is 65.2 cm³/mol. The minimum Gasteiger partial charge on any atom is -0.371 e. The number of anilines is 1. The van der Waals surface area contributed by atoms with Gasteiger partial charge in [-0.25, -0.2) is 0 Å². The Balaban J connectivity index is 2.11. The Bertz CT molecular complexity index is 411. The second kappa shape index (κ2) is 4.15. The average molecular weight is 215 g/mol. The van der Waals surface area contributed by atoms with Gasteiger partial charge in [0.05, 0.1) is 6.07 Å². The molecule has 1 aliphatic heterocycles. The zero-order valence-electron chi connectivity index (χ0n) is 9.61. The summed E-state index contributed by atoms with van der Waals surface area (Å²) in [6, 6.07) is 10.6. The second-order valence-electron chi connectivity index (χ2n) is 4.54. The van der Waals surface area contributed by atoms with Crippen LogP contribution in [0.1, 0.15) is 18.4 Å². The van der Waals surface area contributed by atoms with Crippen molar-refractivity contribution in [3.8, 4) is 6.07 Å². The maximum atomic E-state index is 8.97. The van der Waals surface area contributed by atoms with Crippen LogP contribution in [0.5, 0.6) is 0 Å². The topological polar surface area (TPSA) is 53.0 Å². The average Bonchev–Trinajstić information content (AvgIpc) is 2.31. The number of aryl methyl sites for hydroxylation is 1. The summed E-state index contributed by atoms with van der Waals surface area (Å²) in [4.78, 5) is 2.32. The van der Waals surface area contributed by atoms with Crippen LogP contribution in [0.15, 0.2) is 24.3 Å². The molecule has 0 unspecified atom stereocenters. The summed E-state index contributed by atoms with van der Waals surface area (Å²) in [5.74, 6) is 0. The van der Waals surface area contributed by atoms with E-state index in [4.69, 9.17) is 11.0 Å². The monoisotopic (exact) mass is 215 g/mol. The van der Waals surface area contributed by atoms with E-state index in [9.17, 15) is 0 Å². The highest BCUT2D eigenvalue weighted by Gasteiger charge is 2.30. The number of nitrogens with two attached hydrogens (primary N) is 1. The largest absolute Gasteiger partial charge is 0.371 e. The Morgan fingerprint density at radius 3 is 2.50 bits per heavy atom. The predicted octanol–water partition coefficient (Wildman–Crippen LogP) is 1.82. The van der Waals surface area contributed by atoms with Gasteiger partial charge in [0.15, 0.2) is 0 Å². The molecule has 1 fully saturated rings. The molecular formula is C13H17N3. The molecule has 1 saturated heterocycles. The Morgan fingerprint density at radius 2 is 1.94 bits per heavy atom. The van der Waals surface area contributed by atoms with Crippen LogP contribution in [-0.4, -0.2) is 18.6 Å². The number of piperidine rings is 1. The lowest BCUT2D eigenvalue weighted by Gasteiger charge is -2.36. The molecule has 1 heterocycles. The van der Waals surface area contributed by atoms with E-state index in [1.807, 2.05) is 6.07 Å². The number of hydrogen-bond donors (Lipinski definition) is 1. The van der Waals surface area contributed by atoms with Gasteiger partial charge in [-0.1, -0.05) is 18.2 Å². The van der Waals surface area contributed by atoms with Gasteiger partial charge in [-0.05, 0) is 31.4 Å². The third-order valence-corrected chi connectivity index (χ3v) is 3.33. The van der Waals surface area contributed by atoms with Crippen molar-refractivity contribution in [3.05, 3.63) is 29.8 Å².